The van der Waals surface area contributed by atoms with Crippen molar-refractivity contribution in [2.75, 3.05) is 14.2 Å². The maximum absolute atomic E-state index is 15.0. The molecule has 0 unspecified atom stereocenters. The molecule has 6 rings (SSSR count). The van der Waals surface area contributed by atoms with E-state index in [4.69, 9.17) is 9.47 Å². The number of carbonyl (C=O) groups excluding carboxylic acids is 4. The number of hydrogen-bond donors (Lipinski definition) is 2. The second-order valence-electron chi connectivity index (χ2n) is 11.5. The zero-order valence-corrected chi connectivity index (χ0v) is 25.3. The smallest absolute Gasteiger partial charge is 0.331 e. The number of ether oxygens (including phenoxy) is 2. The molecule has 222 valence electrons. The molecule has 2 saturated heterocycles. The number of rotatable bonds is 5. The average Bonchev–Trinajstić information content (AvgIpc) is 3.56. The number of benzene rings is 3. The van der Waals surface area contributed by atoms with Crippen molar-refractivity contribution < 1.29 is 33.0 Å². The van der Waals surface area contributed by atoms with E-state index in [0.717, 1.165) is 4.47 Å². The Bertz CT molecular complexity index is 1600. The predicted octanol–water partition coefficient (Wildman–Crippen LogP) is 4.19. The van der Waals surface area contributed by atoms with Crippen molar-refractivity contribution in [2.24, 2.45) is 23.7 Å². The van der Waals surface area contributed by atoms with Crippen LogP contribution in [0.1, 0.15) is 35.7 Å². The van der Waals surface area contributed by atoms with Gasteiger partial charge in [-0.3, -0.25) is 25.0 Å². The lowest BCUT2D eigenvalue weighted by molar-refractivity contribution is -0.161. The van der Waals surface area contributed by atoms with Crippen LogP contribution in [0.25, 0.3) is 0 Å². The van der Waals surface area contributed by atoms with Crippen LogP contribution in [0.5, 0.6) is 0 Å². The summed E-state index contributed by atoms with van der Waals surface area (Å²) in [6.07, 6.45) is 0. The number of fused-ring (bicyclic) bond motifs is 2. The van der Waals surface area contributed by atoms with Crippen LogP contribution in [-0.2, 0) is 34.2 Å². The number of methoxy groups -OCH3 is 2. The van der Waals surface area contributed by atoms with E-state index >= 15 is 4.79 Å². The van der Waals surface area contributed by atoms with Gasteiger partial charge in [-0.2, -0.15) is 0 Å². The Morgan fingerprint density at radius 3 is 1.84 bits per heavy atom. The molecule has 3 aromatic rings. The SMILES string of the molecule is COC(=O)[C@]1(C)N[C@H](c2ccc(F)cc2)[C@@H]2C(=O)[C@@H]3[C@H](C(=O)[C@@H]21)[C@H](c1ccc(Br)cc1)N[C@@]3(C(=O)OC)c1ccccc1. The van der Waals surface area contributed by atoms with Crippen LogP contribution >= 0.6 is 15.9 Å². The van der Waals surface area contributed by atoms with Crippen molar-refractivity contribution in [3.05, 3.63) is 106 Å². The van der Waals surface area contributed by atoms with Crippen LogP contribution in [0.15, 0.2) is 83.3 Å². The van der Waals surface area contributed by atoms with Gasteiger partial charge in [0.2, 0.25) is 0 Å². The highest BCUT2D eigenvalue weighted by Crippen LogP contribution is 2.59. The van der Waals surface area contributed by atoms with Crippen LogP contribution in [-0.4, -0.2) is 43.3 Å². The van der Waals surface area contributed by atoms with Crippen molar-refractivity contribution in [2.45, 2.75) is 30.1 Å². The Labute approximate surface area is 256 Å². The molecule has 0 spiro atoms. The fraction of sp³-hybridized carbons (Fsp3) is 0.333. The Balaban J connectivity index is 1.60. The fourth-order valence-electron chi connectivity index (χ4n) is 7.61. The topological polar surface area (TPSA) is 111 Å². The van der Waals surface area contributed by atoms with Gasteiger partial charge in [-0.1, -0.05) is 70.5 Å². The summed E-state index contributed by atoms with van der Waals surface area (Å²) in [6.45, 7) is 1.56. The molecular weight excluding hydrogens is 619 g/mol. The first kappa shape index (κ1) is 29.3. The van der Waals surface area contributed by atoms with Gasteiger partial charge >= 0.3 is 11.9 Å². The Hall–Kier alpha value is -3.73. The molecule has 3 aromatic carbocycles. The second-order valence-corrected chi connectivity index (χ2v) is 12.4. The monoisotopic (exact) mass is 648 g/mol. The zero-order valence-electron chi connectivity index (χ0n) is 23.7. The molecule has 3 fully saturated rings. The van der Waals surface area contributed by atoms with Crippen molar-refractivity contribution in [3.63, 3.8) is 0 Å². The van der Waals surface area contributed by atoms with Gasteiger partial charge in [-0.25, -0.2) is 9.18 Å². The van der Waals surface area contributed by atoms with Crippen LogP contribution in [0, 0.1) is 29.5 Å². The molecule has 0 amide bonds. The minimum absolute atomic E-state index is 0.346. The van der Waals surface area contributed by atoms with E-state index in [1.54, 1.807) is 37.3 Å². The summed E-state index contributed by atoms with van der Waals surface area (Å²) in [6, 6.07) is 20.1. The minimum atomic E-state index is -1.70. The first-order chi connectivity index (χ1) is 20.6. The Kier molecular flexibility index (Phi) is 7.35. The summed E-state index contributed by atoms with van der Waals surface area (Å²) in [7, 11) is 2.48. The molecule has 3 aliphatic rings. The molecule has 0 bridgehead atoms. The maximum atomic E-state index is 15.0. The number of halogens is 2. The van der Waals surface area contributed by atoms with E-state index in [1.165, 1.54) is 38.5 Å². The van der Waals surface area contributed by atoms with Gasteiger partial charge in [0.25, 0.3) is 0 Å². The Morgan fingerprint density at radius 2 is 1.26 bits per heavy atom. The van der Waals surface area contributed by atoms with Gasteiger partial charge < -0.3 is 9.47 Å². The van der Waals surface area contributed by atoms with Gasteiger partial charge in [0.1, 0.15) is 22.9 Å². The standard InChI is InChI=1S/C33H30BrFN2O6/c1-32(30(40)42-2)24-22(26(36-32)18-11-15-21(35)16-12-18)29(39)25-23(28(24)38)27(17-9-13-20(34)14-10-17)37-33(25,31(41)43-3)19-7-5-4-6-8-19/h4-16,22-27,36-37H,1-3H3/t22-,23+,24-,25+,26-,27+,32-,33+/m1/s1. The van der Waals surface area contributed by atoms with Crippen LogP contribution in [0.3, 0.4) is 0 Å². The third-order valence-electron chi connectivity index (χ3n) is 9.44. The summed E-state index contributed by atoms with van der Waals surface area (Å²) < 4.78 is 25.3. The summed E-state index contributed by atoms with van der Waals surface area (Å²) in [5.41, 5.74) is -1.56. The van der Waals surface area contributed by atoms with E-state index in [1.807, 2.05) is 24.3 Å². The van der Waals surface area contributed by atoms with E-state index in [-0.39, 0.29) is 11.6 Å². The highest BCUT2D eigenvalue weighted by molar-refractivity contribution is 9.10. The van der Waals surface area contributed by atoms with Gasteiger partial charge in [0.05, 0.1) is 32.0 Å². The number of Topliss-reactive ketones (excluding diaryl/α,β-unsaturated/α-hetero) is 2. The van der Waals surface area contributed by atoms with Gasteiger partial charge in [-0.15, -0.1) is 0 Å². The molecule has 2 N–H and O–H groups in total. The first-order valence-electron chi connectivity index (χ1n) is 13.9. The lowest BCUT2D eigenvalue weighted by Gasteiger charge is -2.42. The molecule has 1 aliphatic carbocycles. The molecule has 0 radical (unpaired) electrons. The second kappa shape index (κ2) is 10.8. The van der Waals surface area contributed by atoms with Gasteiger partial charge in [0.15, 0.2) is 5.54 Å². The molecule has 8 nitrogen and oxygen atoms in total. The number of nitrogens with one attached hydrogen (secondary N) is 2. The summed E-state index contributed by atoms with van der Waals surface area (Å²) in [4.78, 5) is 57.3. The van der Waals surface area contributed by atoms with Crippen molar-refractivity contribution in [1.29, 1.82) is 0 Å². The van der Waals surface area contributed by atoms with Gasteiger partial charge in [0, 0.05) is 22.5 Å². The molecule has 8 atom stereocenters. The van der Waals surface area contributed by atoms with Crippen LogP contribution in [0.2, 0.25) is 0 Å². The van der Waals surface area contributed by atoms with Crippen LogP contribution in [0.4, 0.5) is 4.39 Å². The summed E-state index contributed by atoms with van der Waals surface area (Å²) in [5, 5.41) is 6.65. The number of esters is 2. The molecule has 2 heterocycles. The molecule has 43 heavy (non-hydrogen) atoms. The Morgan fingerprint density at radius 1 is 0.744 bits per heavy atom. The third-order valence-corrected chi connectivity index (χ3v) is 9.97. The molecular formula is C33H30BrFN2O6. The predicted molar refractivity (Wildman–Crippen MR) is 157 cm³/mol. The highest BCUT2D eigenvalue weighted by atomic mass is 79.9. The normalized spacial score (nSPS) is 33.0. The molecule has 0 aromatic heterocycles. The molecule has 1 saturated carbocycles. The lowest BCUT2D eigenvalue weighted by atomic mass is 9.57. The molecule has 10 heteroatoms. The quantitative estimate of drug-likeness (QED) is 0.396. The van der Waals surface area contributed by atoms with E-state index in [0.29, 0.717) is 16.7 Å². The van der Waals surface area contributed by atoms with E-state index < -0.39 is 64.6 Å². The average molecular weight is 650 g/mol. The van der Waals surface area contributed by atoms with Crippen molar-refractivity contribution in [1.82, 2.24) is 10.6 Å². The highest BCUT2D eigenvalue weighted by Gasteiger charge is 2.74. The third kappa shape index (κ3) is 4.29. The fourth-order valence-corrected chi connectivity index (χ4v) is 7.88. The number of hydrogen-bond acceptors (Lipinski definition) is 8. The lowest BCUT2D eigenvalue weighted by Crippen LogP contribution is -2.60. The van der Waals surface area contributed by atoms with Gasteiger partial charge in [-0.05, 0) is 47.9 Å². The van der Waals surface area contributed by atoms with Crippen molar-refractivity contribution >= 4 is 39.4 Å². The van der Waals surface area contributed by atoms with E-state index in [2.05, 4.69) is 26.6 Å². The molecule has 2 aliphatic heterocycles. The first-order valence-corrected chi connectivity index (χ1v) is 14.7. The number of carbonyl (C=O) groups is 4. The largest absolute Gasteiger partial charge is 0.468 e. The van der Waals surface area contributed by atoms with Crippen molar-refractivity contribution in [3.8, 4) is 0 Å². The maximum Gasteiger partial charge on any atom is 0.331 e. The van der Waals surface area contributed by atoms with Crippen LogP contribution < -0.4 is 10.6 Å². The summed E-state index contributed by atoms with van der Waals surface area (Å²) in [5.74, 6) is -6.94. The minimum Gasteiger partial charge on any atom is -0.468 e. The van der Waals surface area contributed by atoms with E-state index in [9.17, 15) is 18.8 Å². The number of ketones is 2. The zero-order chi connectivity index (χ0) is 30.7. The summed E-state index contributed by atoms with van der Waals surface area (Å²) >= 11 is 3.45.